The van der Waals surface area contributed by atoms with Crippen molar-refractivity contribution in [2.24, 2.45) is 0 Å². The van der Waals surface area contributed by atoms with Crippen LogP contribution in [0.1, 0.15) is 30.2 Å². The zero-order valence-electron chi connectivity index (χ0n) is 21.1. The molecule has 0 spiro atoms. The van der Waals surface area contributed by atoms with Gasteiger partial charge in [-0.3, -0.25) is 9.48 Å². The summed E-state index contributed by atoms with van der Waals surface area (Å²) >= 11 is 1.60. The summed E-state index contributed by atoms with van der Waals surface area (Å²) in [7, 11) is 0. The average molecular weight is 525 g/mol. The minimum atomic E-state index is -0.209. The smallest absolute Gasteiger partial charge is 0.306 e. The Labute approximate surface area is 225 Å². The van der Waals surface area contributed by atoms with Gasteiger partial charge in [0.15, 0.2) is 0 Å². The van der Waals surface area contributed by atoms with Crippen LogP contribution in [-0.4, -0.2) is 32.3 Å². The van der Waals surface area contributed by atoms with Crippen LogP contribution in [-0.2, 0) is 29.1 Å². The first-order chi connectivity index (χ1) is 18.7. The summed E-state index contributed by atoms with van der Waals surface area (Å²) in [6.45, 7) is 3.00. The summed E-state index contributed by atoms with van der Waals surface area (Å²) in [5.74, 6) is 0.339. The average Bonchev–Trinajstić information content (AvgIpc) is 3.60. The third-order valence-corrected chi connectivity index (χ3v) is 6.84. The second-order valence-corrected chi connectivity index (χ2v) is 9.50. The topological polar surface area (TPSA) is 79.1 Å². The molecule has 38 heavy (non-hydrogen) atoms. The molecule has 0 aliphatic carbocycles. The summed E-state index contributed by atoms with van der Waals surface area (Å²) in [6.07, 6.45) is 4.57. The van der Waals surface area contributed by atoms with Crippen LogP contribution in [0.15, 0.2) is 90.6 Å². The van der Waals surface area contributed by atoms with Crippen LogP contribution in [0.3, 0.4) is 0 Å². The number of aromatic nitrogens is 4. The lowest BCUT2D eigenvalue weighted by atomic mass is 10.0. The zero-order valence-corrected chi connectivity index (χ0v) is 21.9. The molecule has 0 bridgehead atoms. The minimum absolute atomic E-state index is 0.209. The molecule has 0 saturated heterocycles. The number of rotatable bonds is 11. The van der Waals surface area contributed by atoms with E-state index in [1.54, 1.807) is 17.5 Å². The van der Waals surface area contributed by atoms with Gasteiger partial charge in [-0.25, -0.2) is 9.97 Å². The molecule has 5 rings (SSSR count). The number of hydrogen-bond acceptors (Lipinski definition) is 7. The van der Waals surface area contributed by atoms with Crippen molar-refractivity contribution in [3.8, 4) is 27.7 Å². The maximum Gasteiger partial charge on any atom is 0.306 e. The van der Waals surface area contributed by atoms with Crippen molar-refractivity contribution in [1.82, 2.24) is 19.7 Å². The van der Waals surface area contributed by atoms with E-state index in [1.165, 1.54) is 0 Å². The maximum absolute atomic E-state index is 12.0. The first-order valence-electron chi connectivity index (χ1n) is 12.5. The van der Waals surface area contributed by atoms with Gasteiger partial charge in [0.2, 0.25) is 5.88 Å². The van der Waals surface area contributed by atoms with Crippen molar-refractivity contribution in [1.29, 1.82) is 0 Å². The van der Waals surface area contributed by atoms with Crippen molar-refractivity contribution >= 4 is 17.3 Å². The number of ether oxygens (including phenoxy) is 2. The highest BCUT2D eigenvalue weighted by Crippen LogP contribution is 2.26. The van der Waals surface area contributed by atoms with E-state index in [-0.39, 0.29) is 5.97 Å². The molecular weight excluding hydrogens is 496 g/mol. The molecule has 0 radical (unpaired) electrons. The van der Waals surface area contributed by atoms with Crippen LogP contribution in [0.4, 0.5) is 0 Å². The summed E-state index contributed by atoms with van der Waals surface area (Å²) in [5.41, 5.74) is 5.71. The van der Waals surface area contributed by atoms with Gasteiger partial charge >= 0.3 is 5.97 Å². The van der Waals surface area contributed by atoms with E-state index in [2.05, 4.69) is 17.1 Å². The molecule has 7 nitrogen and oxygen atoms in total. The lowest BCUT2D eigenvalue weighted by Crippen LogP contribution is -2.06. The number of carbonyl (C=O) groups is 1. The van der Waals surface area contributed by atoms with Gasteiger partial charge in [0.05, 0.1) is 24.5 Å². The molecule has 0 amide bonds. The highest BCUT2D eigenvalue weighted by molar-refractivity contribution is 7.13. The SMILES string of the molecule is CCOC(=O)CCc1cn(Cc2cccnc2OCc2csc(-c3ccccc3)n2)nc1-c1ccccc1. The number of benzene rings is 2. The van der Waals surface area contributed by atoms with E-state index in [1.807, 2.05) is 83.8 Å². The number of thiazole rings is 1. The Morgan fingerprint density at radius 1 is 0.947 bits per heavy atom. The summed E-state index contributed by atoms with van der Waals surface area (Å²) in [5, 5.41) is 7.84. The van der Waals surface area contributed by atoms with Gasteiger partial charge in [-0.05, 0) is 25.0 Å². The predicted molar refractivity (Wildman–Crippen MR) is 148 cm³/mol. The van der Waals surface area contributed by atoms with E-state index in [4.69, 9.17) is 19.6 Å². The van der Waals surface area contributed by atoms with E-state index in [9.17, 15) is 4.79 Å². The van der Waals surface area contributed by atoms with Gasteiger partial charge in [0.1, 0.15) is 11.6 Å². The maximum atomic E-state index is 12.0. The largest absolute Gasteiger partial charge is 0.471 e. The fraction of sp³-hybridized carbons (Fsp3) is 0.200. The van der Waals surface area contributed by atoms with E-state index < -0.39 is 0 Å². The molecule has 0 saturated carbocycles. The molecule has 3 aromatic heterocycles. The van der Waals surface area contributed by atoms with Gasteiger partial charge < -0.3 is 9.47 Å². The standard InChI is InChI=1S/C30H28N4O3S/c1-2-36-27(35)16-15-24-18-34(33-28(24)22-10-5-3-6-11-22)19-25-14-9-17-31-29(25)37-20-26-21-38-30(32-26)23-12-7-4-8-13-23/h3-14,17-18,21H,2,15-16,19-20H2,1H3. The van der Waals surface area contributed by atoms with Crippen molar-refractivity contribution in [2.75, 3.05) is 6.61 Å². The zero-order chi connectivity index (χ0) is 26.2. The molecule has 5 aromatic rings. The van der Waals surface area contributed by atoms with Gasteiger partial charge in [-0.1, -0.05) is 66.7 Å². The van der Waals surface area contributed by atoms with Crippen LogP contribution >= 0.6 is 11.3 Å². The molecule has 192 valence electrons. The molecule has 0 aliphatic rings. The molecule has 0 fully saturated rings. The Kier molecular flexibility index (Phi) is 8.20. The molecule has 0 aliphatic heterocycles. The number of esters is 1. The fourth-order valence-corrected chi connectivity index (χ4v) is 4.92. The van der Waals surface area contributed by atoms with E-state index in [0.717, 1.165) is 38.6 Å². The minimum Gasteiger partial charge on any atom is -0.471 e. The number of pyridine rings is 1. The highest BCUT2D eigenvalue weighted by Gasteiger charge is 2.15. The Bertz CT molecular complexity index is 1480. The Morgan fingerprint density at radius 3 is 2.47 bits per heavy atom. The number of hydrogen-bond donors (Lipinski definition) is 0. The third-order valence-electron chi connectivity index (χ3n) is 5.90. The van der Waals surface area contributed by atoms with Crippen molar-refractivity contribution in [3.05, 3.63) is 107 Å². The first kappa shape index (κ1) is 25.4. The second-order valence-electron chi connectivity index (χ2n) is 8.64. The van der Waals surface area contributed by atoms with E-state index >= 15 is 0 Å². The summed E-state index contributed by atoms with van der Waals surface area (Å²) in [4.78, 5) is 21.2. The Morgan fingerprint density at radius 2 is 1.71 bits per heavy atom. The summed E-state index contributed by atoms with van der Waals surface area (Å²) in [6, 6.07) is 24.0. The molecule has 3 heterocycles. The lowest BCUT2D eigenvalue weighted by molar-refractivity contribution is -0.143. The molecule has 2 aromatic carbocycles. The number of aryl methyl sites for hydroxylation is 1. The lowest BCUT2D eigenvalue weighted by Gasteiger charge is -2.09. The van der Waals surface area contributed by atoms with Crippen molar-refractivity contribution in [2.45, 2.75) is 32.9 Å². The fourth-order valence-electron chi connectivity index (χ4n) is 4.11. The van der Waals surface area contributed by atoms with Crippen molar-refractivity contribution in [3.63, 3.8) is 0 Å². The van der Waals surface area contributed by atoms with Crippen molar-refractivity contribution < 1.29 is 14.3 Å². The monoisotopic (exact) mass is 524 g/mol. The molecule has 0 atom stereocenters. The first-order valence-corrected chi connectivity index (χ1v) is 13.4. The number of nitrogens with zero attached hydrogens (tertiary/aromatic N) is 4. The van der Waals surface area contributed by atoms with Crippen LogP contribution in [0, 0.1) is 0 Å². The van der Waals surface area contributed by atoms with Crippen LogP contribution < -0.4 is 4.74 Å². The molecular formula is C30H28N4O3S. The Balaban J connectivity index is 1.32. The number of carbonyl (C=O) groups excluding carboxylic acids is 1. The quantitative estimate of drug-likeness (QED) is 0.192. The van der Waals surface area contributed by atoms with Crippen LogP contribution in [0.25, 0.3) is 21.8 Å². The van der Waals surface area contributed by atoms with E-state index in [0.29, 0.717) is 38.5 Å². The normalized spacial score (nSPS) is 10.9. The molecule has 8 heteroatoms. The third kappa shape index (κ3) is 6.33. The van der Waals surface area contributed by atoms with Gasteiger partial charge in [-0.15, -0.1) is 11.3 Å². The van der Waals surface area contributed by atoms with Crippen LogP contribution in [0.2, 0.25) is 0 Å². The van der Waals surface area contributed by atoms with Gasteiger partial charge in [0, 0.05) is 40.9 Å². The van der Waals surface area contributed by atoms with Gasteiger partial charge in [0.25, 0.3) is 0 Å². The molecule has 0 unspecified atom stereocenters. The Hall–Kier alpha value is -4.30. The van der Waals surface area contributed by atoms with Crippen LogP contribution in [0.5, 0.6) is 5.88 Å². The van der Waals surface area contributed by atoms with Gasteiger partial charge in [-0.2, -0.15) is 5.10 Å². The highest BCUT2D eigenvalue weighted by atomic mass is 32.1. The second kappa shape index (κ2) is 12.3. The molecule has 0 N–H and O–H groups in total. The predicted octanol–water partition coefficient (Wildman–Crippen LogP) is 6.19. The summed E-state index contributed by atoms with van der Waals surface area (Å²) < 4.78 is 13.1.